The van der Waals surface area contributed by atoms with Crippen molar-refractivity contribution < 1.29 is 56.2 Å². The summed E-state index contributed by atoms with van der Waals surface area (Å²) < 4.78 is 58.9. The lowest BCUT2D eigenvalue weighted by Crippen LogP contribution is -2.60. The summed E-state index contributed by atoms with van der Waals surface area (Å²) in [6.07, 6.45) is 28.8. The summed E-state index contributed by atoms with van der Waals surface area (Å²) in [6, 6.07) is 0. The Morgan fingerprint density at radius 3 is 1.40 bits per heavy atom. The number of aliphatic hydroxyl groups excluding tert-OH is 3. The molecule has 1 aliphatic heterocycles. The molecular weight excluding hydrogens is 753 g/mol. The molecule has 13 heteroatoms. The molecule has 1 heterocycles. The van der Waals surface area contributed by atoms with Gasteiger partial charge in [-0.1, -0.05) is 194 Å². The number of ether oxygens (including phenoxy) is 4. The predicted octanol–water partition coefficient (Wildman–Crippen LogP) is 9.69. The number of hydrogen-bond acceptors (Lipinski definition) is 11. The first-order chi connectivity index (χ1) is 27.6. The Kier molecular flexibility index (Phi) is 35.0. The Morgan fingerprint density at radius 1 is 0.596 bits per heavy atom. The van der Waals surface area contributed by atoms with E-state index in [1.165, 1.54) is 148 Å². The van der Waals surface area contributed by atoms with E-state index in [9.17, 15) is 28.5 Å². The van der Waals surface area contributed by atoms with E-state index in [4.69, 9.17) is 23.5 Å². The highest BCUT2D eigenvalue weighted by atomic mass is 32.3. The van der Waals surface area contributed by atoms with Crippen molar-refractivity contribution in [3.63, 3.8) is 0 Å². The first-order valence-electron chi connectivity index (χ1n) is 23.3. The van der Waals surface area contributed by atoms with Gasteiger partial charge in [0.15, 0.2) is 6.29 Å². The maximum absolute atomic E-state index is 12.7. The third-order valence-electron chi connectivity index (χ3n) is 11.0. The third-order valence-corrected chi connectivity index (χ3v) is 11.4. The summed E-state index contributed by atoms with van der Waals surface area (Å²) in [5, 5.41) is 30.6. The summed E-state index contributed by atoms with van der Waals surface area (Å²) in [4.78, 5) is 12.7. The van der Waals surface area contributed by atoms with Gasteiger partial charge in [0.1, 0.15) is 30.5 Å². The Hall–Kier alpha value is -0.900. The van der Waals surface area contributed by atoms with E-state index >= 15 is 0 Å². The van der Waals surface area contributed by atoms with Crippen molar-refractivity contribution in [1.82, 2.24) is 0 Å². The molecule has 0 bridgehead atoms. The largest absolute Gasteiger partial charge is 0.457 e. The minimum atomic E-state index is -5.05. The molecule has 4 N–H and O–H groups in total. The van der Waals surface area contributed by atoms with Gasteiger partial charge in [0.2, 0.25) is 0 Å². The van der Waals surface area contributed by atoms with E-state index in [2.05, 4.69) is 18.0 Å². The average molecular weight is 839 g/mol. The van der Waals surface area contributed by atoms with Gasteiger partial charge in [-0.2, -0.15) is 8.42 Å². The second kappa shape index (κ2) is 36.9. The number of esters is 1. The van der Waals surface area contributed by atoms with Crippen LogP contribution in [0.25, 0.3) is 0 Å². The number of carbonyl (C=O) groups excluding carboxylic acids is 1. The lowest BCUT2D eigenvalue weighted by Gasteiger charge is -2.41. The highest BCUT2D eigenvalue weighted by Gasteiger charge is 2.48. The highest BCUT2D eigenvalue weighted by molar-refractivity contribution is 7.80. The van der Waals surface area contributed by atoms with Gasteiger partial charge in [0.05, 0.1) is 19.8 Å². The first kappa shape index (κ1) is 54.1. The van der Waals surface area contributed by atoms with Crippen LogP contribution in [0.1, 0.15) is 213 Å². The molecule has 0 aromatic carbocycles. The molecule has 0 aliphatic carbocycles. The van der Waals surface area contributed by atoms with Gasteiger partial charge in [0, 0.05) is 13.0 Å². The lowest BCUT2D eigenvalue weighted by atomic mass is 9.99. The molecule has 1 rings (SSSR count). The molecular formula is C44H86O12S. The van der Waals surface area contributed by atoms with Crippen LogP contribution in [0.15, 0.2) is 0 Å². The molecule has 0 aromatic heterocycles. The van der Waals surface area contributed by atoms with Crippen LogP contribution in [-0.2, 0) is 38.3 Å². The van der Waals surface area contributed by atoms with Crippen molar-refractivity contribution in [2.24, 2.45) is 0 Å². The van der Waals surface area contributed by atoms with E-state index in [0.717, 1.165) is 38.5 Å². The van der Waals surface area contributed by atoms with Crippen molar-refractivity contribution in [2.45, 2.75) is 250 Å². The number of aliphatic hydroxyl groups is 3. The van der Waals surface area contributed by atoms with Gasteiger partial charge in [0.25, 0.3) is 0 Å². The van der Waals surface area contributed by atoms with Gasteiger partial charge in [-0.25, -0.2) is 4.18 Å². The Bertz CT molecular complexity index is 1020. The molecule has 0 amide bonds. The quantitative estimate of drug-likeness (QED) is 0.0261. The molecule has 0 saturated carbocycles. The predicted molar refractivity (Wildman–Crippen MR) is 225 cm³/mol. The third kappa shape index (κ3) is 30.7. The Balaban J connectivity index is 2.28. The van der Waals surface area contributed by atoms with Gasteiger partial charge < -0.3 is 34.3 Å². The zero-order valence-corrected chi connectivity index (χ0v) is 37.0. The second-order valence-corrected chi connectivity index (χ2v) is 17.4. The van der Waals surface area contributed by atoms with E-state index in [1.54, 1.807) is 0 Å². The Labute approximate surface area is 347 Å². The maximum atomic E-state index is 12.7. The zero-order valence-electron chi connectivity index (χ0n) is 36.2. The van der Waals surface area contributed by atoms with Crippen LogP contribution in [0.5, 0.6) is 0 Å². The molecule has 0 spiro atoms. The average Bonchev–Trinajstić information content (AvgIpc) is 3.18. The zero-order chi connectivity index (χ0) is 41.8. The van der Waals surface area contributed by atoms with E-state index in [-0.39, 0.29) is 19.6 Å². The lowest BCUT2D eigenvalue weighted by molar-refractivity contribution is -0.301. The van der Waals surface area contributed by atoms with Crippen molar-refractivity contribution in [3.8, 4) is 0 Å². The van der Waals surface area contributed by atoms with Gasteiger partial charge in [-0.15, -0.1) is 0 Å². The van der Waals surface area contributed by atoms with Crippen LogP contribution in [-0.4, -0.2) is 97.5 Å². The molecule has 57 heavy (non-hydrogen) atoms. The van der Waals surface area contributed by atoms with Crippen LogP contribution in [0.4, 0.5) is 0 Å². The second-order valence-electron chi connectivity index (χ2n) is 16.4. The van der Waals surface area contributed by atoms with E-state index in [1.807, 2.05) is 0 Å². The number of carbonyl (C=O) groups is 1. The monoisotopic (exact) mass is 839 g/mol. The fraction of sp³-hybridized carbons (Fsp3) is 0.977. The summed E-state index contributed by atoms with van der Waals surface area (Å²) in [5.74, 6) is -0.399. The standard InChI is InChI=1S/C44H86O12S/c1-3-5-7-9-11-13-14-15-16-17-18-19-20-21-22-23-24-25-26-28-30-32-34-52-36-38(54-40(46)33-31-29-27-12-10-8-6-4-2)37-53-44-42(48)43(56-57(49,50)51)41(47)39(35-45)55-44/h38-39,41-45,47-48H,3-37H2,1-2H3,(H,49,50,51). The normalized spacial score (nSPS) is 20.6. The van der Waals surface area contributed by atoms with Crippen molar-refractivity contribution in [3.05, 3.63) is 0 Å². The summed E-state index contributed by atoms with van der Waals surface area (Å²) in [6.45, 7) is 3.99. The van der Waals surface area contributed by atoms with Crippen molar-refractivity contribution >= 4 is 16.4 Å². The topological polar surface area (TPSA) is 178 Å². The SMILES string of the molecule is CCCCCCCCCCCCCCCCCCCCCCCCOCC(COC1OC(CO)C(O)C(OS(=O)(=O)O)C1O)OC(=O)CCCCCCCCCC. The summed E-state index contributed by atoms with van der Waals surface area (Å²) in [5.41, 5.74) is 0. The molecule has 6 atom stereocenters. The van der Waals surface area contributed by atoms with Gasteiger partial charge in [-0.3, -0.25) is 9.35 Å². The smallest absolute Gasteiger partial charge is 0.397 e. The fourth-order valence-electron chi connectivity index (χ4n) is 7.44. The van der Waals surface area contributed by atoms with Crippen LogP contribution in [0.3, 0.4) is 0 Å². The van der Waals surface area contributed by atoms with Crippen molar-refractivity contribution in [1.29, 1.82) is 0 Å². The molecule has 12 nitrogen and oxygen atoms in total. The molecule has 340 valence electrons. The summed E-state index contributed by atoms with van der Waals surface area (Å²) >= 11 is 0. The highest BCUT2D eigenvalue weighted by Crippen LogP contribution is 2.26. The molecule has 6 unspecified atom stereocenters. The van der Waals surface area contributed by atoms with Crippen LogP contribution in [0.2, 0.25) is 0 Å². The molecule has 1 saturated heterocycles. The number of hydrogen-bond donors (Lipinski definition) is 4. The maximum Gasteiger partial charge on any atom is 0.397 e. The van der Waals surface area contributed by atoms with Crippen LogP contribution < -0.4 is 0 Å². The number of rotatable bonds is 41. The summed E-state index contributed by atoms with van der Waals surface area (Å²) in [7, 11) is -5.05. The van der Waals surface area contributed by atoms with Crippen LogP contribution in [0, 0.1) is 0 Å². The molecule has 0 aromatic rings. The van der Waals surface area contributed by atoms with Crippen LogP contribution >= 0.6 is 0 Å². The minimum Gasteiger partial charge on any atom is -0.457 e. The van der Waals surface area contributed by atoms with E-state index in [0.29, 0.717) is 13.0 Å². The van der Waals surface area contributed by atoms with Gasteiger partial charge in [-0.05, 0) is 12.8 Å². The van der Waals surface area contributed by atoms with Gasteiger partial charge >= 0.3 is 16.4 Å². The van der Waals surface area contributed by atoms with Crippen molar-refractivity contribution in [2.75, 3.05) is 26.4 Å². The minimum absolute atomic E-state index is 0.0439. The fourth-order valence-corrected chi connectivity index (χ4v) is 7.95. The first-order valence-corrected chi connectivity index (χ1v) is 24.7. The number of unbranched alkanes of at least 4 members (excludes halogenated alkanes) is 28. The molecule has 1 fully saturated rings. The molecule has 0 radical (unpaired) electrons. The molecule has 1 aliphatic rings. The Morgan fingerprint density at radius 2 is 1.00 bits per heavy atom. The van der Waals surface area contributed by atoms with E-state index < -0.39 is 59.8 Å².